The van der Waals surface area contributed by atoms with Crippen LogP contribution in [-0.4, -0.2) is 78.6 Å². The van der Waals surface area contributed by atoms with Crippen LogP contribution in [0, 0.1) is 0 Å². The number of furan rings is 1. The predicted octanol–water partition coefficient (Wildman–Crippen LogP) is -0.233. The fraction of sp³-hybridized carbons (Fsp3) is 0.714. The largest absolute Gasteiger partial charge is 0.467 e. The molecule has 1 saturated heterocycles. The maximum Gasteiger partial charge on any atom is 0.129 e. The molecule has 0 radical (unpaired) electrons. The quantitative estimate of drug-likeness (QED) is 0.687. The number of rotatable bonds is 8. The zero-order chi connectivity index (χ0) is 14.2. The van der Waals surface area contributed by atoms with Gasteiger partial charge in [0, 0.05) is 39.3 Å². The Labute approximate surface area is 119 Å². The van der Waals surface area contributed by atoms with Crippen molar-refractivity contribution in [1.29, 1.82) is 0 Å². The second-order valence-corrected chi connectivity index (χ2v) is 5.11. The molecule has 0 saturated carbocycles. The van der Waals surface area contributed by atoms with Crippen molar-refractivity contribution in [2.24, 2.45) is 0 Å². The van der Waals surface area contributed by atoms with Crippen LogP contribution in [-0.2, 0) is 11.3 Å². The summed E-state index contributed by atoms with van der Waals surface area (Å²) in [6.07, 6.45) is 1.13. The highest BCUT2D eigenvalue weighted by Crippen LogP contribution is 2.05. The second-order valence-electron chi connectivity index (χ2n) is 5.11. The molecule has 0 bridgehead atoms. The molecule has 114 valence electrons. The number of piperazine rings is 1. The summed E-state index contributed by atoms with van der Waals surface area (Å²) in [5, 5.41) is 18.8. The maximum absolute atomic E-state index is 9.95. The molecule has 0 spiro atoms. The average molecular weight is 284 g/mol. The van der Waals surface area contributed by atoms with E-state index in [-0.39, 0.29) is 6.61 Å². The minimum Gasteiger partial charge on any atom is -0.467 e. The van der Waals surface area contributed by atoms with E-state index < -0.39 is 6.10 Å². The van der Waals surface area contributed by atoms with Gasteiger partial charge in [0.1, 0.15) is 12.4 Å². The number of aliphatic hydroxyl groups is 2. The molecule has 2 N–H and O–H groups in total. The van der Waals surface area contributed by atoms with E-state index in [9.17, 15) is 5.11 Å². The molecule has 0 unspecified atom stereocenters. The standard InChI is InChI=1S/C14H24N2O4/c17-8-7-15-3-5-16(6-4-15)10-13(18)11-19-12-14-2-1-9-20-14/h1-2,9,13,17-18H,3-8,10-12H2/t13-/m1/s1. The zero-order valence-electron chi connectivity index (χ0n) is 11.8. The number of β-amino-alcohol motifs (C(OH)–C–C–N with tert-alkyl or cyclic N) is 2. The summed E-state index contributed by atoms with van der Waals surface area (Å²) in [5.41, 5.74) is 0. The van der Waals surface area contributed by atoms with Crippen molar-refractivity contribution < 1.29 is 19.4 Å². The Morgan fingerprint density at radius 3 is 2.65 bits per heavy atom. The normalized spacial score (nSPS) is 19.3. The molecule has 0 aliphatic carbocycles. The molecule has 1 fully saturated rings. The highest BCUT2D eigenvalue weighted by Gasteiger charge is 2.18. The van der Waals surface area contributed by atoms with Gasteiger partial charge in [-0.25, -0.2) is 0 Å². The van der Waals surface area contributed by atoms with Crippen LogP contribution in [0.4, 0.5) is 0 Å². The van der Waals surface area contributed by atoms with Crippen LogP contribution in [0.15, 0.2) is 22.8 Å². The molecule has 0 amide bonds. The lowest BCUT2D eigenvalue weighted by Crippen LogP contribution is -2.49. The van der Waals surface area contributed by atoms with Gasteiger partial charge in [-0.15, -0.1) is 0 Å². The van der Waals surface area contributed by atoms with E-state index in [0.717, 1.165) is 38.5 Å². The topological polar surface area (TPSA) is 69.3 Å². The Kier molecular flexibility index (Phi) is 6.49. The van der Waals surface area contributed by atoms with Crippen molar-refractivity contribution in [3.63, 3.8) is 0 Å². The fourth-order valence-electron chi connectivity index (χ4n) is 2.38. The van der Waals surface area contributed by atoms with Gasteiger partial charge in [0.2, 0.25) is 0 Å². The van der Waals surface area contributed by atoms with E-state index in [0.29, 0.717) is 19.8 Å². The van der Waals surface area contributed by atoms with Gasteiger partial charge in [0.15, 0.2) is 0 Å². The summed E-state index contributed by atoms with van der Waals surface area (Å²) >= 11 is 0. The van der Waals surface area contributed by atoms with Gasteiger partial charge in [0.25, 0.3) is 0 Å². The van der Waals surface area contributed by atoms with E-state index >= 15 is 0 Å². The van der Waals surface area contributed by atoms with Crippen molar-refractivity contribution in [3.05, 3.63) is 24.2 Å². The number of aliphatic hydroxyl groups excluding tert-OH is 2. The first kappa shape index (κ1) is 15.5. The Morgan fingerprint density at radius 1 is 1.25 bits per heavy atom. The van der Waals surface area contributed by atoms with E-state index in [2.05, 4.69) is 9.80 Å². The molecule has 2 heterocycles. The Hall–Kier alpha value is -0.920. The smallest absolute Gasteiger partial charge is 0.129 e. The Morgan fingerprint density at radius 2 is 2.00 bits per heavy atom. The fourth-order valence-corrected chi connectivity index (χ4v) is 2.38. The minimum atomic E-state index is -0.477. The van der Waals surface area contributed by atoms with Gasteiger partial charge < -0.3 is 19.4 Å². The van der Waals surface area contributed by atoms with E-state index in [4.69, 9.17) is 14.3 Å². The predicted molar refractivity (Wildman–Crippen MR) is 74.3 cm³/mol. The maximum atomic E-state index is 9.95. The van der Waals surface area contributed by atoms with Gasteiger partial charge in [-0.1, -0.05) is 0 Å². The number of nitrogens with zero attached hydrogens (tertiary/aromatic N) is 2. The highest BCUT2D eigenvalue weighted by atomic mass is 16.5. The Balaban J connectivity index is 1.57. The third-order valence-corrected chi connectivity index (χ3v) is 3.48. The van der Waals surface area contributed by atoms with Gasteiger partial charge in [0.05, 0.1) is 25.6 Å². The summed E-state index contributed by atoms with van der Waals surface area (Å²) in [4.78, 5) is 4.46. The Bertz CT molecular complexity index is 350. The van der Waals surface area contributed by atoms with Crippen molar-refractivity contribution in [2.45, 2.75) is 12.7 Å². The molecule has 1 aliphatic heterocycles. The zero-order valence-corrected chi connectivity index (χ0v) is 11.8. The molecule has 20 heavy (non-hydrogen) atoms. The number of ether oxygens (including phenoxy) is 1. The van der Waals surface area contributed by atoms with Crippen molar-refractivity contribution in [1.82, 2.24) is 9.80 Å². The minimum absolute atomic E-state index is 0.212. The van der Waals surface area contributed by atoms with Gasteiger partial charge in [-0.3, -0.25) is 9.80 Å². The third kappa shape index (κ3) is 5.22. The summed E-state index contributed by atoms with van der Waals surface area (Å²) < 4.78 is 10.6. The lowest BCUT2D eigenvalue weighted by molar-refractivity contribution is -0.00338. The molecule has 0 aromatic carbocycles. The van der Waals surface area contributed by atoms with Crippen LogP contribution < -0.4 is 0 Å². The van der Waals surface area contributed by atoms with Gasteiger partial charge in [-0.2, -0.15) is 0 Å². The lowest BCUT2D eigenvalue weighted by atomic mass is 10.2. The second kappa shape index (κ2) is 8.39. The summed E-state index contributed by atoms with van der Waals surface area (Å²) in [5.74, 6) is 0.773. The highest BCUT2D eigenvalue weighted by molar-refractivity contribution is 4.96. The van der Waals surface area contributed by atoms with Gasteiger partial charge in [-0.05, 0) is 12.1 Å². The summed E-state index contributed by atoms with van der Waals surface area (Å²) in [6, 6.07) is 3.67. The van der Waals surface area contributed by atoms with E-state index in [1.54, 1.807) is 6.26 Å². The average Bonchev–Trinajstić information content (AvgIpc) is 2.94. The first-order chi connectivity index (χ1) is 9.78. The molecular weight excluding hydrogens is 260 g/mol. The first-order valence-corrected chi connectivity index (χ1v) is 7.11. The molecule has 1 aromatic rings. The summed E-state index contributed by atoms with van der Waals surface area (Å²) in [6.45, 7) is 6.04. The molecule has 1 atom stereocenters. The molecule has 6 heteroatoms. The van der Waals surface area contributed by atoms with Crippen LogP contribution >= 0.6 is 0 Å². The van der Waals surface area contributed by atoms with E-state index in [1.165, 1.54) is 0 Å². The molecule has 2 rings (SSSR count). The van der Waals surface area contributed by atoms with Crippen LogP contribution in [0.25, 0.3) is 0 Å². The van der Waals surface area contributed by atoms with E-state index in [1.807, 2.05) is 12.1 Å². The summed E-state index contributed by atoms with van der Waals surface area (Å²) in [7, 11) is 0. The molecule has 1 aliphatic rings. The monoisotopic (exact) mass is 284 g/mol. The lowest BCUT2D eigenvalue weighted by Gasteiger charge is -2.35. The van der Waals surface area contributed by atoms with Crippen molar-refractivity contribution >= 4 is 0 Å². The van der Waals surface area contributed by atoms with Crippen LogP contribution in [0.2, 0.25) is 0 Å². The van der Waals surface area contributed by atoms with Gasteiger partial charge >= 0.3 is 0 Å². The SMILES string of the molecule is OCCN1CCN(C[C@@H](O)COCc2ccco2)CC1. The number of hydrogen-bond acceptors (Lipinski definition) is 6. The number of hydrogen-bond donors (Lipinski definition) is 2. The van der Waals surface area contributed by atoms with Crippen LogP contribution in [0.1, 0.15) is 5.76 Å². The van der Waals surface area contributed by atoms with Crippen molar-refractivity contribution in [2.75, 3.05) is 52.5 Å². The van der Waals surface area contributed by atoms with Crippen molar-refractivity contribution in [3.8, 4) is 0 Å². The van der Waals surface area contributed by atoms with Crippen LogP contribution in [0.5, 0.6) is 0 Å². The third-order valence-electron chi connectivity index (χ3n) is 3.48. The molecule has 6 nitrogen and oxygen atoms in total. The molecule has 1 aromatic heterocycles. The first-order valence-electron chi connectivity index (χ1n) is 7.11. The van der Waals surface area contributed by atoms with Crippen LogP contribution in [0.3, 0.4) is 0 Å². The molecular formula is C14H24N2O4.